The molecule has 0 aromatic carbocycles. The van der Waals surface area contributed by atoms with Crippen molar-refractivity contribution in [3.05, 3.63) is 30.1 Å². The molecule has 6 heteroatoms. The van der Waals surface area contributed by atoms with Crippen LogP contribution in [-0.4, -0.2) is 48.5 Å². The molecule has 0 unspecified atom stereocenters. The predicted molar refractivity (Wildman–Crippen MR) is 72.6 cm³/mol. The number of amides is 2. The van der Waals surface area contributed by atoms with E-state index in [9.17, 15) is 9.59 Å². The summed E-state index contributed by atoms with van der Waals surface area (Å²) in [4.78, 5) is 29.6. The molecule has 0 aliphatic carbocycles. The maximum absolute atomic E-state index is 12.0. The van der Waals surface area contributed by atoms with Crippen molar-refractivity contribution in [1.82, 2.24) is 15.2 Å². The summed E-state index contributed by atoms with van der Waals surface area (Å²) >= 11 is 0. The van der Waals surface area contributed by atoms with Gasteiger partial charge in [-0.25, -0.2) is 0 Å². The van der Waals surface area contributed by atoms with Gasteiger partial charge < -0.3 is 15.0 Å². The summed E-state index contributed by atoms with van der Waals surface area (Å²) in [5.41, 5.74) is 0.807. The van der Waals surface area contributed by atoms with Crippen molar-refractivity contribution in [2.45, 2.75) is 13.0 Å². The number of carbonyl (C=O) groups is 2. The van der Waals surface area contributed by atoms with Crippen LogP contribution in [0.5, 0.6) is 0 Å². The molecule has 1 aromatic rings. The Morgan fingerprint density at radius 2 is 2.40 bits per heavy atom. The number of hydrogen-bond acceptors (Lipinski definition) is 4. The average molecular weight is 277 g/mol. The topological polar surface area (TPSA) is 71.5 Å². The Kier molecular flexibility index (Phi) is 5.06. The quantitative estimate of drug-likeness (QED) is 0.806. The third kappa shape index (κ3) is 3.77. The highest BCUT2D eigenvalue weighted by Gasteiger charge is 2.33. The molecular formula is C14H19N3O3. The SMILES string of the molecule is COCCN1C[C@@H](C(=O)NCc2ccccn2)CC1=O. The second kappa shape index (κ2) is 7.00. The molecule has 1 aliphatic rings. The Labute approximate surface area is 118 Å². The Balaban J connectivity index is 1.80. The van der Waals surface area contributed by atoms with Crippen molar-refractivity contribution in [3.63, 3.8) is 0 Å². The fourth-order valence-corrected chi connectivity index (χ4v) is 2.19. The van der Waals surface area contributed by atoms with E-state index in [1.807, 2.05) is 18.2 Å². The third-order valence-corrected chi connectivity index (χ3v) is 3.32. The van der Waals surface area contributed by atoms with Crippen molar-refractivity contribution in [1.29, 1.82) is 0 Å². The van der Waals surface area contributed by atoms with Crippen LogP contribution in [0.3, 0.4) is 0 Å². The van der Waals surface area contributed by atoms with E-state index >= 15 is 0 Å². The first-order valence-corrected chi connectivity index (χ1v) is 6.65. The van der Waals surface area contributed by atoms with Crippen LogP contribution in [0.1, 0.15) is 12.1 Å². The minimum Gasteiger partial charge on any atom is -0.383 e. The van der Waals surface area contributed by atoms with Gasteiger partial charge in [-0.05, 0) is 12.1 Å². The molecule has 0 radical (unpaired) electrons. The van der Waals surface area contributed by atoms with Gasteiger partial charge in [0.1, 0.15) is 0 Å². The molecule has 6 nitrogen and oxygen atoms in total. The number of methoxy groups -OCH3 is 1. The zero-order chi connectivity index (χ0) is 14.4. The molecule has 1 atom stereocenters. The maximum atomic E-state index is 12.0. The molecule has 1 aliphatic heterocycles. The van der Waals surface area contributed by atoms with Gasteiger partial charge in [-0.15, -0.1) is 0 Å². The summed E-state index contributed by atoms with van der Waals surface area (Å²) in [6.45, 7) is 1.89. The summed E-state index contributed by atoms with van der Waals surface area (Å²) in [6, 6.07) is 5.56. The number of hydrogen-bond donors (Lipinski definition) is 1. The highest BCUT2D eigenvalue weighted by Crippen LogP contribution is 2.17. The highest BCUT2D eigenvalue weighted by molar-refractivity contribution is 5.89. The number of aromatic nitrogens is 1. The van der Waals surface area contributed by atoms with Gasteiger partial charge in [-0.3, -0.25) is 14.6 Å². The number of rotatable bonds is 6. The van der Waals surface area contributed by atoms with Crippen molar-refractivity contribution in [2.24, 2.45) is 5.92 Å². The van der Waals surface area contributed by atoms with Gasteiger partial charge in [0, 0.05) is 32.8 Å². The summed E-state index contributed by atoms with van der Waals surface area (Å²) in [5, 5.41) is 2.83. The zero-order valence-electron chi connectivity index (χ0n) is 11.5. The van der Waals surface area contributed by atoms with E-state index in [0.29, 0.717) is 26.2 Å². The van der Waals surface area contributed by atoms with Gasteiger partial charge in [-0.2, -0.15) is 0 Å². The number of ether oxygens (including phenoxy) is 1. The Morgan fingerprint density at radius 3 is 3.10 bits per heavy atom. The number of pyridine rings is 1. The van der Waals surface area contributed by atoms with E-state index < -0.39 is 0 Å². The van der Waals surface area contributed by atoms with Gasteiger partial charge in [0.25, 0.3) is 0 Å². The lowest BCUT2D eigenvalue weighted by Crippen LogP contribution is -2.33. The molecule has 0 saturated carbocycles. The van der Waals surface area contributed by atoms with E-state index in [4.69, 9.17) is 4.74 Å². The Hall–Kier alpha value is -1.95. The second-order valence-corrected chi connectivity index (χ2v) is 4.77. The van der Waals surface area contributed by atoms with Crippen LogP contribution in [-0.2, 0) is 20.9 Å². The summed E-state index contributed by atoms with van der Waals surface area (Å²) in [5.74, 6) is -0.355. The predicted octanol–water partition coefficient (Wildman–Crippen LogP) is 0.193. The Morgan fingerprint density at radius 1 is 1.55 bits per heavy atom. The monoisotopic (exact) mass is 277 g/mol. The second-order valence-electron chi connectivity index (χ2n) is 4.77. The van der Waals surface area contributed by atoms with E-state index in [-0.39, 0.29) is 24.2 Å². The van der Waals surface area contributed by atoms with E-state index in [2.05, 4.69) is 10.3 Å². The first kappa shape index (κ1) is 14.5. The van der Waals surface area contributed by atoms with Gasteiger partial charge in [0.2, 0.25) is 11.8 Å². The first-order chi connectivity index (χ1) is 9.70. The van der Waals surface area contributed by atoms with Crippen LogP contribution < -0.4 is 5.32 Å². The maximum Gasteiger partial charge on any atom is 0.225 e. The molecule has 1 N–H and O–H groups in total. The smallest absolute Gasteiger partial charge is 0.225 e. The molecule has 1 fully saturated rings. The standard InChI is InChI=1S/C14H19N3O3/c1-20-7-6-17-10-11(8-13(17)18)14(19)16-9-12-4-2-3-5-15-12/h2-5,11H,6-10H2,1H3,(H,16,19)/t11-/m0/s1. The Bertz CT molecular complexity index is 464. The van der Waals surface area contributed by atoms with Gasteiger partial charge in [0.15, 0.2) is 0 Å². The third-order valence-electron chi connectivity index (χ3n) is 3.32. The van der Waals surface area contributed by atoms with E-state index in [0.717, 1.165) is 5.69 Å². The molecular weight excluding hydrogens is 258 g/mol. The van der Waals surface area contributed by atoms with Crippen LogP contribution in [0.4, 0.5) is 0 Å². The van der Waals surface area contributed by atoms with E-state index in [1.54, 1.807) is 18.2 Å². The number of carbonyl (C=O) groups excluding carboxylic acids is 2. The van der Waals surface area contributed by atoms with Crippen LogP contribution in [0.2, 0.25) is 0 Å². The molecule has 0 bridgehead atoms. The van der Waals surface area contributed by atoms with Gasteiger partial charge in [0.05, 0.1) is 24.8 Å². The molecule has 108 valence electrons. The average Bonchev–Trinajstić information content (AvgIpc) is 2.85. The van der Waals surface area contributed by atoms with Crippen LogP contribution in [0.25, 0.3) is 0 Å². The molecule has 0 spiro atoms. The summed E-state index contributed by atoms with van der Waals surface area (Å²) in [7, 11) is 1.59. The first-order valence-electron chi connectivity index (χ1n) is 6.65. The van der Waals surface area contributed by atoms with Gasteiger partial charge >= 0.3 is 0 Å². The van der Waals surface area contributed by atoms with Crippen molar-refractivity contribution < 1.29 is 14.3 Å². The molecule has 2 amide bonds. The highest BCUT2D eigenvalue weighted by atomic mass is 16.5. The zero-order valence-corrected chi connectivity index (χ0v) is 11.5. The van der Waals surface area contributed by atoms with Gasteiger partial charge in [-0.1, -0.05) is 6.07 Å². The largest absolute Gasteiger partial charge is 0.383 e. The molecule has 2 heterocycles. The normalized spacial score (nSPS) is 18.4. The fourth-order valence-electron chi connectivity index (χ4n) is 2.19. The van der Waals surface area contributed by atoms with Crippen molar-refractivity contribution >= 4 is 11.8 Å². The minimum atomic E-state index is -0.275. The van der Waals surface area contributed by atoms with Crippen LogP contribution in [0.15, 0.2) is 24.4 Å². The molecule has 20 heavy (non-hydrogen) atoms. The number of likely N-dealkylation sites (tertiary alicyclic amines) is 1. The molecule has 2 rings (SSSR count). The molecule has 1 saturated heterocycles. The van der Waals surface area contributed by atoms with E-state index in [1.165, 1.54) is 0 Å². The lowest BCUT2D eigenvalue weighted by molar-refractivity contribution is -0.129. The molecule has 1 aromatic heterocycles. The lowest BCUT2D eigenvalue weighted by atomic mass is 10.1. The summed E-state index contributed by atoms with van der Waals surface area (Å²) in [6.07, 6.45) is 1.96. The number of nitrogens with zero attached hydrogens (tertiary/aromatic N) is 2. The van der Waals surface area contributed by atoms with Crippen molar-refractivity contribution in [2.75, 3.05) is 26.8 Å². The number of nitrogens with one attached hydrogen (secondary N) is 1. The minimum absolute atomic E-state index is 0.0139. The fraction of sp³-hybridized carbons (Fsp3) is 0.500. The lowest BCUT2D eigenvalue weighted by Gasteiger charge is -2.15. The summed E-state index contributed by atoms with van der Waals surface area (Å²) < 4.78 is 4.95. The van der Waals surface area contributed by atoms with Crippen LogP contribution in [0, 0.1) is 5.92 Å². The van der Waals surface area contributed by atoms with Crippen molar-refractivity contribution in [3.8, 4) is 0 Å². The van der Waals surface area contributed by atoms with Crippen LogP contribution >= 0.6 is 0 Å².